The first-order valence-electron chi connectivity index (χ1n) is 4.77. The van der Waals surface area contributed by atoms with Crippen LogP contribution in [0.4, 0.5) is 0 Å². The first-order valence-corrected chi connectivity index (χ1v) is 6.25. The van der Waals surface area contributed by atoms with E-state index in [0.717, 1.165) is 11.1 Å². The molecular formula is C11H16ClNOS. The molecule has 0 saturated carbocycles. The third kappa shape index (κ3) is 2.52. The second-order valence-corrected chi connectivity index (χ2v) is 5.29. The van der Waals surface area contributed by atoms with Gasteiger partial charge in [-0.3, -0.25) is 4.79 Å². The molecule has 0 fully saturated rings. The summed E-state index contributed by atoms with van der Waals surface area (Å²) in [7, 11) is 1.79. The van der Waals surface area contributed by atoms with Crippen molar-refractivity contribution in [3.63, 3.8) is 0 Å². The average molecular weight is 246 g/mol. The van der Waals surface area contributed by atoms with Crippen LogP contribution in [-0.2, 0) is 0 Å². The van der Waals surface area contributed by atoms with E-state index in [-0.39, 0.29) is 11.4 Å². The van der Waals surface area contributed by atoms with Crippen molar-refractivity contribution in [2.45, 2.75) is 26.3 Å². The molecule has 1 aromatic rings. The maximum Gasteiger partial charge on any atom is 0.255 e. The fourth-order valence-corrected chi connectivity index (χ4v) is 2.13. The van der Waals surface area contributed by atoms with E-state index in [0.29, 0.717) is 5.88 Å². The van der Waals surface area contributed by atoms with Gasteiger partial charge in [0.15, 0.2) is 0 Å². The Hall–Kier alpha value is -0.540. The van der Waals surface area contributed by atoms with Crippen LogP contribution in [0.25, 0.3) is 0 Å². The summed E-state index contributed by atoms with van der Waals surface area (Å²) < 4.78 is 0. The number of thiophene rings is 1. The van der Waals surface area contributed by atoms with Gasteiger partial charge < -0.3 is 4.90 Å². The second kappa shape index (κ2) is 4.54. The Labute approximate surface area is 99.9 Å². The van der Waals surface area contributed by atoms with E-state index in [1.54, 1.807) is 23.3 Å². The molecule has 84 valence electrons. The number of alkyl halides is 1. The summed E-state index contributed by atoms with van der Waals surface area (Å²) in [5.41, 5.74) is 1.50. The first-order chi connectivity index (χ1) is 6.90. The molecule has 0 N–H and O–H groups in total. The molecule has 0 aliphatic carbocycles. The Balaban J connectivity index is 2.92. The van der Waals surface area contributed by atoms with Crippen LogP contribution in [0.3, 0.4) is 0 Å². The van der Waals surface area contributed by atoms with Gasteiger partial charge in [-0.15, -0.1) is 11.6 Å². The maximum absolute atomic E-state index is 12.1. The summed E-state index contributed by atoms with van der Waals surface area (Å²) in [5, 5.41) is 3.87. The molecule has 4 heteroatoms. The molecule has 1 aromatic heterocycles. The molecule has 0 aromatic carbocycles. The number of amides is 1. The highest BCUT2D eigenvalue weighted by Gasteiger charge is 2.28. The topological polar surface area (TPSA) is 20.3 Å². The van der Waals surface area contributed by atoms with Crippen LogP contribution in [0, 0.1) is 6.92 Å². The third-order valence-electron chi connectivity index (χ3n) is 2.63. The van der Waals surface area contributed by atoms with Crippen molar-refractivity contribution in [1.29, 1.82) is 0 Å². The fraction of sp³-hybridized carbons (Fsp3) is 0.545. The van der Waals surface area contributed by atoms with Gasteiger partial charge in [-0.25, -0.2) is 0 Å². The molecule has 1 rings (SSSR count). The Bertz CT molecular complexity index is 359. The van der Waals surface area contributed by atoms with Crippen LogP contribution in [0.5, 0.6) is 0 Å². The van der Waals surface area contributed by atoms with E-state index in [1.165, 1.54) is 0 Å². The number of halogens is 1. The molecule has 0 spiro atoms. The average Bonchev–Trinajstić information content (AvgIpc) is 2.62. The van der Waals surface area contributed by atoms with Gasteiger partial charge in [0.1, 0.15) is 0 Å². The van der Waals surface area contributed by atoms with Crippen LogP contribution in [0.15, 0.2) is 10.8 Å². The predicted octanol–water partition coefficient (Wildman–Crippen LogP) is 3.15. The normalized spacial score (nSPS) is 11.5. The number of aryl methyl sites for hydroxylation is 1. The molecule has 0 aliphatic rings. The van der Waals surface area contributed by atoms with Gasteiger partial charge in [-0.1, -0.05) is 0 Å². The van der Waals surface area contributed by atoms with Crippen molar-refractivity contribution in [2.24, 2.45) is 0 Å². The van der Waals surface area contributed by atoms with E-state index in [9.17, 15) is 4.79 Å². The zero-order valence-electron chi connectivity index (χ0n) is 9.50. The number of nitrogens with zero attached hydrogens (tertiary/aromatic N) is 1. The van der Waals surface area contributed by atoms with Crippen molar-refractivity contribution in [2.75, 3.05) is 12.9 Å². The molecule has 0 saturated heterocycles. The van der Waals surface area contributed by atoms with Crippen LogP contribution in [-0.4, -0.2) is 29.3 Å². The van der Waals surface area contributed by atoms with Crippen LogP contribution >= 0.6 is 22.9 Å². The van der Waals surface area contributed by atoms with Gasteiger partial charge in [0.25, 0.3) is 5.91 Å². The molecular weight excluding hydrogens is 230 g/mol. The Morgan fingerprint density at radius 1 is 1.53 bits per heavy atom. The number of carbonyl (C=O) groups is 1. The summed E-state index contributed by atoms with van der Waals surface area (Å²) in [6.45, 7) is 5.87. The van der Waals surface area contributed by atoms with Gasteiger partial charge in [0.05, 0.1) is 11.1 Å². The summed E-state index contributed by atoms with van der Waals surface area (Å²) >= 11 is 7.39. The minimum atomic E-state index is -0.312. The van der Waals surface area contributed by atoms with E-state index in [4.69, 9.17) is 11.6 Å². The summed E-state index contributed by atoms with van der Waals surface area (Å²) in [4.78, 5) is 13.8. The van der Waals surface area contributed by atoms with Crippen LogP contribution in [0.1, 0.15) is 29.8 Å². The second-order valence-electron chi connectivity index (χ2n) is 4.28. The fourth-order valence-electron chi connectivity index (χ4n) is 1.12. The van der Waals surface area contributed by atoms with Crippen molar-refractivity contribution in [1.82, 2.24) is 4.90 Å². The molecule has 2 nitrogen and oxygen atoms in total. The molecule has 0 bridgehead atoms. The molecule has 0 unspecified atom stereocenters. The largest absolute Gasteiger partial charge is 0.335 e. The SMILES string of the molecule is Cc1cscc1C(=O)N(C)C(C)(C)CCl. The first kappa shape index (κ1) is 12.5. The van der Waals surface area contributed by atoms with E-state index in [1.807, 2.05) is 31.5 Å². The van der Waals surface area contributed by atoms with Gasteiger partial charge in [0.2, 0.25) is 0 Å². The highest BCUT2D eigenvalue weighted by molar-refractivity contribution is 7.08. The zero-order valence-corrected chi connectivity index (χ0v) is 11.1. The monoisotopic (exact) mass is 245 g/mol. The van der Waals surface area contributed by atoms with E-state index in [2.05, 4.69) is 0 Å². The van der Waals surface area contributed by atoms with Gasteiger partial charge in [0, 0.05) is 18.3 Å². The minimum Gasteiger partial charge on any atom is -0.335 e. The van der Waals surface area contributed by atoms with E-state index >= 15 is 0 Å². The lowest BCUT2D eigenvalue weighted by atomic mass is 10.0. The summed E-state index contributed by atoms with van der Waals surface area (Å²) in [6, 6.07) is 0. The lowest BCUT2D eigenvalue weighted by Gasteiger charge is -2.33. The lowest BCUT2D eigenvalue weighted by Crippen LogP contribution is -2.46. The highest BCUT2D eigenvalue weighted by atomic mass is 35.5. The minimum absolute atomic E-state index is 0.0411. The van der Waals surface area contributed by atoms with Crippen molar-refractivity contribution >= 4 is 28.8 Å². The van der Waals surface area contributed by atoms with Gasteiger partial charge >= 0.3 is 0 Å². The smallest absolute Gasteiger partial charge is 0.255 e. The molecule has 0 aliphatic heterocycles. The highest BCUT2D eigenvalue weighted by Crippen LogP contribution is 2.21. The van der Waals surface area contributed by atoms with E-state index < -0.39 is 0 Å². The summed E-state index contributed by atoms with van der Waals surface area (Å²) in [5.74, 6) is 0.470. The van der Waals surface area contributed by atoms with Crippen LogP contribution < -0.4 is 0 Å². The van der Waals surface area contributed by atoms with Crippen molar-refractivity contribution in [3.05, 3.63) is 21.9 Å². The number of carbonyl (C=O) groups excluding carboxylic acids is 1. The van der Waals surface area contributed by atoms with Crippen LogP contribution in [0.2, 0.25) is 0 Å². The third-order valence-corrected chi connectivity index (χ3v) is 4.14. The maximum atomic E-state index is 12.1. The molecule has 0 radical (unpaired) electrons. The Morgan fingerprint density at radius 2 is 2.13 bits per heavy atom. The zero-order chi connectivity index (χ0) is 11.6. The Morgan fingerprint density at radius 3 is 2.53 bits per heavy atom. The number of hydrogen-bond acceptors (Lipinski definition) is 2. The number of rotatable bonds is 3. The Kier molecular flexibility index (Phi) is 3.79. The molecule has 0 atom stereocenters. The summed E-state index contributed by atoms with van der Waals surface area (Å²) in [6.07, 6.45) is 0. The van der Waals surface area contributed by atoms with Gasteiger partial charge in [-0.05, 0) is 31.7 Å². The lowest BCUT2D eigenvalue weighted by molar-refractivity contribution is 0.0660. The van der Waals surface area contributed by atoms with Crippen molar-refractivity contribution < 1.29 is 4.79 Å². The predicted molar refractivity (Wildman–Crippen MR) is 65.9 cm³/mol. The van der Waals surface area contributed by atoms with Gasteiger partial charge in [-0.2, -0.15) is 11.3 Å². The quantitative estimate of drug-likeness (QED) is 0.750. The standard InChI is InChI=1S/C11H16ClNOS/c1-8-5-15-6-9(8)10(14)13(4)11(2,3)7-12/h5-6H,7H2,1-4H3. The molecule has 15 heavy (non-hydrogen) atoms. The molecule has 1 amide bonds. The number of hydrogen-bond donors (Lipinski definition) is 0. The molecule has 1 heterocycles. The van der Waals surface area contributed by atoms with Crippen molar-refractivity contribution in [3.8, 4) is 0 Å².